The number of amides is 1. The fraction of sp³-hybridized carbons (Fsp3) is 0.375. The predicted octanol–water partition coefficient (Wildman–Crippen LogP) is -2.89. The van der Waals surface area contributed by atoms with Gasteiger partial charge < -0.3 is 20.3 Å². The van der Waals surface area contributed by atoms with Crippen LogP contribution >= 0.6 is 0 Å². The minimum Gasteiger partial charge on any atom is -0.550 e. The molecule has 0 aliphatic carbocycles. The molecule has 0 aromatic carbocycles. The van der Waals surface area contributed by atoms with Crippen molar-refractivity contribution in [3.8, 4) is 0 Å². The molecule has 12 nitrogen and oxygen atoms in total. The quantitative estimate of drug-likeness (QED) is 0.380. The van der Waals surface area contributed by atoms with E-state index in [2.05, 4.69) is 20.6 Å². The monoisotopic (exact) mass is 394 g/mol. The van der Waals surface area contributed by atoms with Crippen LogP contribution < -0.4 is 26.7 Å². The van der Waals surface area contributed by atoms with Gasteiger partial charge in [-0.25, -0.2) is 4.79 Å². The maximum absolute atomic E-state index is 11.8. The highest BCUT2D eigenvalue weighted by Crippen LogP contribution is 2.07. The molecule has 1 aliphatic rings. The van der Waals surface area contributed by atoms with Crippen LogP contribution in [0.3, 0.4) is 0 Å². The average molecular weight is 394 g/mol. The minimum absolute atomic E-state index is 0.0668. The van der Waals surface area contributed by atoms with E-state index in [0.717, 1.165) is 6.92 Å². The standard InChI is InChI=1S/C14H18N6O4.C2H4O2/c1-9-8-20(7-3-11(22)23)14(24)19-12(9)15-4-2-10(21)18-13-16-5-6-17-13;1-2(3)4/h5-6,8H,2-4,7H2,1H3,(H,22,23)(H,15,19,24)(H2,16,17,18,21);1H3,(H,3,4). The van der Waals surface area contributed by atoms with Crippen LogP contribution in [0.25, 0.3) is 0 Å². The zero-order valence-corrected chi connectivity index (χ0v) is 15.5. The van der Waals surface area contributed by atoms with Crippen molar-refractivity contribution >= 4 is 29.6 Å². The molecule has 152 valence electrons. The molecule has 2 rings (SSSR count). The number of anilines is 1. The van der Waals surface area contributed by atoms with Crippen LogP contribution in [-0.4, -0.2) is 45.0 Å². The van der Waals surface area contributed by atoms with E-state index in [4.69, 9.17) is 15.0 Å². The van der Waals surface area contributed by atoms with Gasteiger partial charge in [-0.15, -0.1) is 0 Å². The van der Waals surface area contributed by atoms with E-state index in [0.29, 0.717) is 23.9 Å². The molecule has 5 N–H and O–H groups in total. The number of carboxylic acids is 2. The van der Waals surface area contributed by atoms with Crippen LogP contribution in [0.1, 0.15) is 25.3 Å². The van der Waals surface area contributed by atoms with Gasteiger partial charge in [-0.1, -0.05) is 0 Å². The van der Waals surface area contributed by atoms with E-state index in [1.54, 1.807) is 30.8 Å². The zero-order valence-electron chi connectivity index (χ0n) is 15.5. The van der Waals surface area contributed by atoms with Crippen molar-refractivity contribution in [3.63, 3.8) is 0 Å². The van der Waals surface area contributed by atoms with Gasteiger partial charge in [-0.3, -0.25) is 24.8 Å². The van der Waals surface area contributed by atoms with E-state index in [9.17, 15) is 14.4 Å². The van der Waals surface area contributed by atoms with Gasteiger partial charge in [-0.05, 0) is 13.8 Å². The summed E-state index contributed by atoms with van der Waals surface area (Å²) >= 11 is 0. The summed E-state index contributed by atoms with van der Waals surface area (Å²) in [7, 11) is 0. The number of rotatable bonds is 7. The minimum atomic E-state index is -1.08. The highest BCUT2D eigenvalue weighted by atomic mass is 16.4. The summed E-state index contributed by atoms with van der Waals surface area (Å²) in [5.41, 5.74) is 0.160. The first-order chi connectivity index (χ1) is 13.2. The second kappa shape index (κ2) is 11.2. The van der Waals surface area contributed by atoms with Gasteiger partial charge in [0.05, 0.1) is 12.6 Å². The summed E-state index contributed by atoms with van der Waals surface area (Å²) in [6.45, 7) is 3.09. The number of hydrogen-bond donors (Lipinski definition) is 4. The first kappa shape index (κ1) is 22.5. The molecule has 0 bridgehead atoms. The highest BCUT2D eigenvalue weighted by molar-refractivity contribution is 5.93. The summed E-state index contributed by atoms with van der Waals surface area (Å²) in [4.78, 5) is 50.8. The number of aryl methyl sites for hydroxylation is 2. The Bertz CT molecular complexity index is 841. The third kappa shape index (κ3) is 8.71. The van der Waals surface area contributed by atoms with Crippen molar-refractivity contribution < 1.29 is 29.9 Å². The topological polar surface area (TPSA) is 182 Å². The largest absolute Gasteiger partial charge is 0.550 e. The van der Waals surface area contributed by atoms with Crippen molar-refractivity contribution in [2.75, 3.05) is 11.9 Å². The number of hydrogen-bond acceptors (Lipinski definition) is 8. The Morgan fingerprint density at radius 3 is 2.57 bits per heavy atom. The molecule has 0 unspecified atom stereocenters. The zero-order chi connectivity index (χ0) is 21.1. The molecule has 1 aromatic rings. The molecule has 1 aromatic heterocycles. The van der Waals surface area contributed by atoms with Gasteiger partial charge in [0, 0.05) is 37.2 Å². The Balaban J connectivity index is 0.000000892. The number of nitrogens with one attached hydrogen (secondary N) is 2. The van der Waals surface area contributed by atoms with Crippen molar-refractivity contribution in [3.05, 3.63) is 34.6 Å². The molecule has 28 heavy (non-hydrogen) atoms. The molecule has 0 saturated heterocycles. The molecule has 12 heteroatoms. The first-order valence-corrected chi connectivity index (χ1v) is 8.28. The molecular formula is C16H22N6O6. The average Bonchev–Trinajstić information content (AvgIpc) is 3.08. The third-order valence-electron chi connectivity index (χ3n) is 3.21. The molecule has 1 aliphatic heterocycles. The number of carboxylic acid groups (broad SMARTS) is 2. The number of carbonyl (C=O) groups is 3. The van der Waals surface area contributed by atoms with Crippen LogP contribution in [0, 0.1) is 6.92 Å². The van der Waals surface area contributed by atoms with Crippen LogP contribution in [0.4, 0.5) is 5.82 Å². The van der Waals surface area contributed by atoms with Crippen LogP contribution in [0.2, 0.25) is 0 Å². The van der Waals surface area contributed by atoms with Gasteiger partial charge in [-0.2, -0.15) is 9.98 Å². The molecule has 0 radical (unpaired) electrons. The number of aliphatic carboxylic acids is 2. The number of aromatic nitrogens is 2. The molecule has 0 spiro atoms. The third-order valence-corrected chi connectivity index (χ3v) is 3.21. The molecule has 0 fully saturated rings. The van der Waals surface area contributed by atoms with Gasteiger partial charge in [0.25, 0.3) is 0 Å². The van der Waals surface area contributed by atoms with E-state index in [1.807, 2.05) is 0 Å². The number of quaternary nitrogens is 1. The molecule has 0 atom stereocenters. The Morgan fingerprint density at radius 1 is 1.32 bits per heavy atom. The fourth-order valence-corrected chi connectivity index (χ4v) is 2.03. The molecular weight excluding hydrogens is 372 g/mol. The predicted molar refractivity (Wildman–Crippen MR) is 95.9 cm³/mol. The van der Waals surface area contributed by atoms with Crippen molar-refractivity contribution in [2.45, 2.75) is 33.2 Å². The van der Waals surface area contributed by atoms with E-state index < -0.39 is 17.6 Å². The summed E-state index contributed by atoms with van der Waals surface area (Å²) in [5, 5.41) is 24.8. The maximum atomic E-state index is 11.8. The Morgan fingerprint density at radius 2 is 2.00 bits per heavy atom. The Hall–Kier alpha value is -3.54. The normalized spacial score (nSPS) is 11.9. The smallest absolute Gasteiger partial charge is 0.349 e. The lowest BCUT2D eigenvalue weighted by Crippen LogP contribution is -2.85. The van der Waals surface area contributed by atoms with Crippen molar-refractivity contribution in [1.29, 1.82) is 0 Å². The first-order valence-electron chi connectivity index (χ1n) is 8.28. The number of carbonyl (C=O) groups excluding carboxylic acids is 2. The molecule has 1 amide bonds. The number of guanidine groups is 1. The lowest BCUT2D eigenvalue weighted by atomic mass is 10.3. The van der Waals surface area contributed by atoms with E-state index in [-0.39, 0.29) is 25.3 Å². The SMILES string of the molecule is CC(=O)[O-].Cc1cn(CCC(=O)O)c(=O)nc1NCCC(=O)NC1=NC=C[NH2+]1. The Kier molecular flexibility index (Phi) is 9.03. The number of nitrogens with zero attached hydrogens (tertiary/aromatic N) is 3. The molecule has 2 heterocycles. The van der Waals surface area contributed by atoms with E-state index >= 15 is 0 Å². The second-order valence-corrected chi connectivity index (χ2v) is 5.63. The van der Waals surface area contributed by atoms with Gasteiger partial charge >= 0.3 is 17.6 Å². The highest BCUT2D eigenvalue weighted by Gasteiger charge is 2.11. The van der Waals surface area contributed by atoms with Gasteiger partial charge in [0.1, 0.15) is 12.0 Å². The van der Waals surface area contributed by atoms with Gasteiger partial charge in [0.15, 0.2) is 0 Å². The fourth-order valence-electron chi connectivity index (χ4n) is 2.03. The summed E-state index contributed by atoms with van der Waals surface area (Å²) in [6.07, 6.45) is 4.90. The lowest BCUT2D eigenvalue weighted by molar-refractivity contribution is -0.461. The van der Waals surface area contributed by atoms with Crippen LogP contribution in [-0.2, 0) is 20.9 Å². The summed E-state index contributed by atoms with van der Waals surface area (Å²) in [6, 6.07) is 0. The number of nitrogens with two attached hydrogens (primary N) is 1. The second-order valence-electron chi connectivity index (χ2n) is 5.63. The summed E-state index contributed by atoms with van der Waals surface area (Å²) in [5.74, 6) is -1.39. The number of aliphatic imine (C=N–C) groups is 1. The Labute approximate surface area is 160 Å². The van der Waals surface area contributed by atoms with Crippen molar-refractivity contribution in [2.24, 2.45) is 4.99 Å². The summed E-state index contributed by atoms with van der Waals surface area (Å²) < 4.78 is 1.25. The lowest BCUT2D eigenvalue weighted by Gasteiger charge is -2.10. The van der Waals surface area contributed by atoms with Crippen molar-refractivity contribution in [1.82, 2.24) is 14.9 Å². The molecule has 0 saturated carbocycles. The van der Waals surface area contributed by atoms with Crippen LogP contribution in [0.5, 0.6) is 0 Å². The maximum Gasteiger partial charge on any atom is 0.349 e. The van der Waals surface area contributed by atoms with Crippen LogP contribution in [0.15, 0.2) is 28.4 Å². The van der Waals surface area contributed by atoms with Gasteiger partial charge in [0.2, 0.25) is 5.91 Å². The van der Waals surface area contributed by atoms with E-state index in [1.165, 1.54) is 4.57 Å².